The van der Waals surface area contributed by atoms with E-state index < -0.39 is 38.0 Å². The summed E-state index contributed by atoms with van der Waals surface area (Å²) in [4.78, 5) is 10.4. The highest BCUT2D eigenvalue weighted by Crippen LogP contribution is 2.31. The number of sulfonamides is 1. The molecule has 0 saturated heterocycles. The van der Waals surface area contributed by atoms with E-state index in [-0.39, 0.29) is 10.7 Å². The molecule has 0 spiro atoms. The Labute approximate surface area is 136 Å². The molecule has 6 nitrogen and oxygen atoms in total. The Morgan fingerprint density at radius 2 is 1.91 bits per heavy atom. The molecular weight excluding hydrogens is 349 g/mol. The number of aryl methyl sites for hydroxylation is 1. The Bertz CT molecular complexity index is 898. The minimum atomic E-state index is -4.40. The van der Waals surface area contributed by atoms with Crippen LogP contribution in [0.5, 0.6) is 5.75 Å². The van der Waals surface area contributed by atoms with Gasteiger partial charge in [-0.2, -0.15) is 0 Å². The number of halogens is 2. The van der Waals surface area contributed by atoms with Gasteiger partial charge in [-0.25, -0.2) is 17.6 Å². The molecule has 2 aromatic carbocycles. The third-order valence-electron chi connectivity index (χ3n) is 2.91. The molecule has 0 aromatic heterocycles. The molecule has 0 atom stereocenters. The maximum atomic E-state index is 13.7. The number of phenols is 1. The second-order valence-corrected chi connectivity index (χ2v) is 6.78. The van der Waals surface area contributed by atoms with Gasteiger partial charge in [-0.05, 0) is 42.8 Å². The lowest BCUT2D eigenvalue weighted by molar-refractivity contribution is 0.0693. The molecule has 0 amide bonds. The van der Waals surface area contributed by atoms with Gasteiger partial charge in [0.15, 0.2) is 5.75 Å². The van der Waals surface area contributed by atoms with E-state index in [2.05, 4.69) is 0 Å². The van der Waals surface area contributed by atoms with Gasteiger partial charge in [0.25, 0.3) is 10.0 Å². The first-order chi connectivity index (χ1) is 10.6. The third kappa shape index (κ3) is 3.54. The van der Waals surface area contributed by atoms with Crippen LogP contribution < -0.4 is 4.72 Å². The maximum Gasteiger partial charge on any atom is 0.339 e. The number of aromatic hydroxyl groups is 1. The molecule has 2 aromatic rings. The zero-order chi connectivity index (χ0) is 17.4. The molecular formula is C14H11ClFNO5S. The van der Waals surface area contributed by atoms with Crippen LogP contribution in [0.2, 0.25) is 5.02 Å². The summed E-state index contributed by atoms with van der Waals surface area (Å²) in [6.45, 7) is 1.47. The molecule has 0 fully saturated rings. The van der Waals surface area contributed by atoms with Crippen LogP contribution in [0.4, 0.5) is 10.1 Å². The number of aromatic carboxylic acids is 1. The zero-order valence-electron chi connectivity index (χ0n) is 11.7. The molecule has 0 bridgehead atoms. The van der Waals surface area contributed by atoms with E-state index in [1.807, 2.05) is 4.72 Å². The van der Waals surface area contributed by atoms with Crippen molar-refractivity contribution in [3.63, 3.8) is 0 Å². The SMILES string of the molecule is Cc1cc(C(=O)O)c(O)c(S(=O)(=O)Nc2ccc(Cl)cc2F)c1. The monoisotopic (exact) mass is 359 g/mol. The van der Waals surface area contributed by atoms with E-state index in [4.69, 9.17) is 16.7 Å². The fourth-order valence-electron chi connectivity index (χ4n) is 1.89. The first-order valence-electron chi connectivity index (χ1n) is 6.16. The molecule has 2 rings (SSSR count). The van der Waals surface area contributed by atoms with E-state index in [1.165, 1.54) is 13.0 Å². The molecule has 3 N–H and O–H groups in total. The van der Waals surface area contributed by atoms with Crippen LogP contribution in [0.15, 0.2) is 35.2 Å². The number of anilines is 1. The minimum absolute atomic E-state index is 0.0806. The molecule has 0 saturated carbocycles. The number of hydrogen-bond acceptors (Lipinski definition) is 4. The van der Waals surface area contributed by atoms with Gasteiger partial charge < -0.3 is 10.2 Å². The molecule has 9 heteroatoms. The summed E-state index contributed by atoms with van der Waals surface area (Å²) in [5, 5.41) is 19.0. The molecule has 23 heavy (non-hydrogen) atoms. The van der Waals surface area contributed by atoms with Crippen molar-refractivity contribution in [3.05, 3.63) is 52.3 Å². The highest BCUT2D eigenvalue weighted by Gasteiger charge is 2.25. The Hall–Kier alpha value is -2.32. The Morgan fingerprint density at radius 1 is 1.26 bits per heavy atom. The minimum Gasteiger partial charge on any atom is -0.506 e. The molecule has 0 unspecified atom stereocenters. The van der Waals surface area contributed by atoms with Crippen molar-refractivity contribution in [1.82, 2.24) is 0 Å². The average molecular weight is 360 g/mol. The van der Waals surface area contributed by atoms with E-state index in [0.29, 0.717) is 5.56 Å². The van der Waals surface area contributed by atoms with Gasteiger partial charge >= 0.3 is 5.97 Å². The molecule has 0 radical (unpaired) electrons. The lowest BCUT2D eigenvalue weighted by Crippen LogP contribution is -2.15. The first-order valence-corrected chi connectivity index (χ1v) is 8.02. The molecule has 0 heterocycles. The van der Waals surface area contributed by atoms with Gasteiger partial charge in [0.2, 0.25) is 0 Å². The van der Waals surface area contributed by atoms with Crippen LogP contribution in [-0.2, 0) is 10.0 Å². The zero-order valence-corrected chi connectivity index (χ0v) is 13.2. The number of rotatable bonds is 4. The number of carboxylic acids is 1. The van der Waals surface area contributed by atoms with Crippen molar-refractivity contribution in [2.45, 2.75) is 11.8 Å². The van der Waals surface area contributed by atoms with Crippen LogP contribution in [0.3, 0.4) is 0 Å². The highest BCUT2D eigenvalue weighted by molar-refractivity contribution is 7.92. The predicted molar refractivity (Wildman–Crippen MR) is 82.0 cm³/mol. The van der Waals surface area contributed by atoms with Crippen LogP contribution in [-0.4, -0.2) is 24.6 Å². The first kappa shape index (κ1) is 17.0. The second-order valence-electron chi connectivity index (χ2n) is 4.69. The Morgan fingerprint density at radius 3 is 2.48 bits per heavy atom. The molecule has 0 aliphatic rings. The number of nitrogens with one attached hydrogen (secondary N) is 1. The van der Waals surface area contributed by atoms with Crippen LogP contribution in [0.25, 0.3) is 0 Å². The fourth-order valence-corrected chi connectivity index (χ4v) is 3.31. The third-order valence-corrected chi connectivity index (χ3v) is 4.53. The van der Waals surface area contributed by atoms with Crippen molar-refractivity contribution < 1.29 is 27.8 Å². The highest BCUT2D eigenvalue weighted by atomic mass is 35.5. The average Bonchev–Trinajstić information content (AvgIpc) is 2.43. The van der Waals surface area contributed by atoms with Crippen LogP contribution >= 0.6 is 11.6 Å². The van der Waals surface area contributed by atoms with E-state index in [0.717, 1.165) is 24.3 Å². The lowest BCUT2D eigenvalue weighted by atomic mass is 10.1. The molecule has 0 aliphatic heterocycles. The second kappa shape index (κ2) is 6.05. The largest absolute Gasteiger partial charge is 0.506 e. The van der Waals surface area contributed by atoms with E-state index in [1.54, 1.807) is 0 Å². The number of carbonyl (C=O) groups is 1. The van der Waals surface area contributed by atoms with Gasteiger partial charge in [0, 0.05) is 5.02 Å². The number of carboxylic acid groups (broad SMARTS) is 1. The summed E-state index contributed by atoms with van der Waals surface area (Å²) in [7, 11) is -4.40. The van der Waals surface area contributed by atoms with Crippen molar-refractivity contribution in [3.8, 4) is 5.75 Å². The summed E-state index contributed by atoms with van der Waals surface area (Å²) in [5.74, 6) is -3.32. The summed E-state index contributed by atoms with van der Waals surface area (Å²) in [5.41, 5.74) is -0.647. The Kier molecular flexibility index (Phi) is 4.49. The van der Waals surface area contributed by atoms with Crippen molar-refractivity contribution in [2.75, 3.05) is 4.72 Å². The predicted octanol–water partition coefficient (Wildman–Crippen LogP) is 2.99. The quantitative estimate of drug-likeness (QED) is 0.778. The molecule has 0 aliphatic carbocycles. The number of benzene rings is 2. The summed E-state index contributed by atoms with van der Waals surface area (Å²) in [6.07, 6.45) is 0. The maximum absolute atomic E-state index is 13.7. The van der Waals surface area contributed by atoms with E-state index >= 15 is 0 Å². The summed E-state index contributed by atoms with van der Waals surface area (Å²) >= 11 is 5.58. The number of hydrogen-bond donors (Lipinski definition) is 3. The topological polar surface area (TPSA) is 104 Å². The van der Waals surface area contributed by atoms with Crippen molar-refractivity contribution >= 4 is 33.3 Å². The fraction of sp³-hybridized carbons (Fsp3) is 0.0714. The summed E-state index contributed by atoms with van der Waals surface area (Å²) < 4.78 is 40.3. The van der Waals surface area contributed by atoms with Gasteiger partial charge in [-0.15, -0.1) is 0 Å². The van der Waals surface area contributed by atoms with Gasteiger partial charge in [-0.1, -0.05) is 11.6 Å². The molecule has 122 valence electrons. The van der Waals surface area contributed by atoms with Crippen molar-refractivity contribution in [1.29, 1.82) is 0 Å². The van der Waals surface area contributed by atoms with E-state index in [9.17, 15) is 22.7 Å². The Balaban J connectivity index is 2.54. The van der Waals surface area contributed by atoms with Gasteiger partial charge in [0.1, 0.15) is 16.3 Å². The van der Waals surface area contributed by atoms with Gasteiger partial charge in [-0.3, -0.25) is 4.72 Å². The van der Waals surface area contributed by atoms with Crippen molar-refractivity contribution in [2.24, 2.45) is 0 Å². The lowest BCUT2D eigenvalue weighted by Gasteiger charge is -2.12. The van der Waals surface area contributed by atoms with Gasteiger partial charge in [0.05, 0.1) is 5.69 Å². The van der Waals surface area contributed by atoms with Crippen LogP contribution in [0, 0.1) is 12.7 Å². The van der Waals surface area contributed by atoms with Crippen LogP contribution in [0.1, 0.15) is 15.9 Å². The smallest absolute Gasteiger partial charge is 0.339 e. The summed E-state index contributed by atoms with van der Waals surface area (Å²) in [6, 6.07) is 5.51. The standard InChI is InChI=1S/C14H11ClFNO5S/c1-7-4-9(14(19)20)13(18)12(5-7)23(21,22)17-11-3-2-8(15)6-10(11)16/h2-6,17-18H,1H3,(H,19,20). The normalized spacial score (nSPS) is 11.3.